The molecule has 2 amide bonds. The molecule has 2 aromatic rings. The van der Waals surface area contributed by atoms with Crippen molar-refractivity contribution in [2.75, 3.05) is 31.6 Å². The number of hydrogen-bond acceptors (Lipinski definition) is 2. The molecule has 3 N–H and O–H groups in total. The van der Waals surface area contributed by atoms with Crippen LogP contribution in [0.2, 0.25) is 5.02 Å². The lowest BCUT2D eigenvalue weighted by Crippen LogP contribution is -3.15. The second-order valence-corrected chi connectivity index (χ2v) is 6.99. The van der Waals surface area contributed by atoms with Crippen molar-refractivity contribution in [2.24, 2.45) is 0 Å². The molecule has 1 saturated heterocycles. The number of benzene rings is 2. The number of amides is 2. The van der Waals surface area contributed by atoms with Crippen molar-refractivity contribution < 1.29 is 14.4 Å². The first-order valence-electron chi connectivity index (χ1n) is 8.94. The van der Waals surface area contributed by atoms with E-state index < -0.39 is 0 Å². The van der Waals surface area contributed by atoms with Gasteiger partial charge in [0.05, 0.1) is 19.3 Å². The van der Waals surface area contributed by atoms with Crippen LogP contribution in [0.25, 0.3) is 0 Å². The van der Waals surface area contributed by atoms with E-state index in [4.69, 9.17) is 16.3 Å². The van der Waals surface area contributed by atoms with Crippen molar-refractivity contribution in [2.45, 2.75) is 19.0 Å². The van der Waals surface area contributed by atoms with Gasteiger partial charge in [0, 0.05) is 16.3 Å². The number of carbonyl (C=O) groups excluding carboxylic acids is 1. The fourth-order valence-electron chi connectivity index (χ4n) is 3.51. The predicted molar refractivity (Wildman–Crippen MR) is 104 cm³/mol. The highest BCUT2D eigenvalue weighted by Crippen LogP contribution is 2.16. The van der Waals surface area contributed by atoms with Gasteiger partial charge in [-0.3, -0.25) is 0 Å². The minimum Gasteiger partial charge on any atom is -0.370 e. The van der Waals surface area contributed by atoms with E-state index in [1.165, 1.54) is 10.5 Å². The summed E-state index contributed by atoms with van der Waals surface area (Å²) >= 11 is 5.98. The fourth-order valence-corrected chi connectivity index (χ4v) is 3.70. The molecule has 1 aliphatic rings. The number of halogens is 1. The van der Waals surface area contributed by atoms with Crippen molar-refractivity contribution in [1.29, 1.82) is 0 Å². The zero-order valence-corrected chi connectivity index (χ0v) is 15.6. The Balaban J connectivity index is 1.70. The number of urea groups is 1. The van der Waals surface area contributed by atoms with Gasteiger partial charge in [0.15, 0.2) is 0 Å². The van der Waals surface area contributed by atoms with E-state index in [2.05, 4.69) is 29.7 Å². The van der Waals surface area contributed by atoms with Gasteiger partial charge in [0.2, 0.25) is 0 Å². The highest BCUT2D eigenvalue weighted by molar-refractivity contribution is 6.30. The van der Waals surface area contributed by atoms with Crippen molar-refractivity contribution >= 4 is 23.3 Å². The summed E-state index contributed by atoms with van der Waals surface area (Å²) in [4.78, 5) is 13.9. The van der Waals surface area contributed by atoms with Crippen molar-refractivity contribution in [1.82, 2.24) is 5.32 Å². The fraction of sp³-hybridized carbons (Fsp3) is 0.350. The van der Waals surface area contributed by atoms with Crippen LogP contribution in [-0.4, -0.2) is 38.4 Å². The number of ether oxygens (including phenoxy) is 1. The van der Waals surface area contributed by atoms with Crippen LogP contribution in [0.4, 0.5) is 10.5 Å². The number of anilines is 1. The SMILES string of the molecule is C[C@H](NC(=O)Nc1cccc(Cl)c1)[C@H](c1ccccc1)[NH+]1CCOCC1. The molecule has 6 heteroatoms. The van der Waals surface area contributed by atoms with Gasteiger partial charge in [-0.15, -0.1) is 0 Å². The summed E-state index contributed by atoms with van der Waals surface area (Å²) in [7, 11) is 0. The van der Waals surface area contributed by atoms with E-state index in [0.717, 1.165) is 26.3 Å². The maximum atomic E-state index is 12.5. The Morgan fingerprint density at radius 3 is 2.54 bits per heavy atom. The van der Waals surface area contributed by atoms with Gasteiger partial charge in [-0.05, 0) is 25.1 Å². The topological polar surface area (TPSA) is 54.8 Å². The smallest absolute Gasteiger partial charge is 0.319 e. The summed E-state index contributed by atoms with van der Waals surface area (Å²) in [5.41, 5.74) is 1.90. The number of carbonyl (C=O) groups is 1. The number of nitrogens with one attached hydrogen (secondary N) is 3. The number of quaternary nitrogens is 1. The summed E-state index contributed by atoms with van der Waals surface area (Å²) in [5.74, 6) is 0. The molecule has 1 aliphatic heterocycles. The molecule has 5 nitrogen and oxygen atoms in total. The molecule has 138 valence electrons. The Hall–Kier alpha value is -2.08. The van der Waals surface area contributed by atoms with Crippen LogP contribution in [0, 0.1) is 0 Å². The molecule has 0 aliphatic carbocycles. The molecular weight excluding hydrogens is 350 g/mol. The second-order valence-electron chi connectivity index (χ2n) is 6.56. The van der Waals surface area contributed by atoms with Crippen molar-refractivity contribution in [3.05, 3.63) is 65.2 Å². The average molecular weight is 375 g/mol. The Kier molecular flexibility index (Phi) is 6.50. The van der Waals surface area contributed by atoms with Gasteiger partial charge in [0.25, 0.3) is 0 Å². The first-order chi connectivity index (χ1) is 12.6. The summed E-state index contributed by atoms with van der Waals surface area (Å²) in [5, 5.41) is 6.54. The Bertz CT molecular complexity index is 720. The largest absolute Gasteiger partial charge is 0.370 e. The predicted octanol–water partition coefficient (Wildman–Crippen LogP) is 2.51. The van der Waals surface area contributed by atoms with E-state index >= 15 is 0 Å². The monoisotopic (exact) mass is 374 g/mol. The summed E-state index contributed by atoms with van der Waals surface area (Å²) in [6, 6.07) is 17.4. The molecule has 1 fully saturated rings. The third-order valence-corrected chi connectivity index (χ3v) is 4.91. The molecule has 26 heavy (non-hydrogen) atoms. The highest BCUT2D eigenvalue weighted by Gasteiger charge is 2.32. The maximum Gasteiger partial charge on any atom is 0.319 e. The highest BCUT2D eigenvalue weighted by atomic mass is 35.5. The second kappa shape index (κ2) is 9.03. The van der Waals surface area contributed by atoms with Gasteiger partial charge in [-0.25, -0.2) is 4.79 Å². The molecule has 0 saturated carbocycles. The molecule has 2 atom stereocenters. The van der Waals surface area contributed by atoms with Crippen LogP contribution in [0.15, 0.2) is 54.6 Å². The van der Waals surface area contributed by atoms with Gasteiger partial charge in [-0.2, -0.15) is 0 Å². The summed E-state index contributed by atoms with van der Waals surface area (Å²) in [6.45, 7) is 5.42. The Labute approximate surface area is 159 Å². The Morgan fingerprint density at radius 2 is 1.85 bits per heavy atom. The number of rotatable bonds is 5. The van der Waals surface area contributed by atoms with Crippen LogP contribution in [0.1, 0.15) is 18.5 Å². The minimum atomic E-state index is -0.228. The normalized spacial score (nSPS) is 17.3. The van der Waals surface area contributed by atoms with E-state index in [9.17, 15) is 4.79 Å². The molecule has 1 heterocycles. The lowest BCUT2D eigenvalue weighted by Gasteiger charge is -2.35. The summed E-state index contributed by atoms with van der Waals surface area (Å²) in [6.07, 6.45) is 0. The zero-order valence-electron chi connectivity index (χ0n) is 14.9. The van der Waals surface area contributed by atoms with Gasteiger partial charge < -0.3 is 20.3 Å². The van der Waals surface area contributed by atoms with Crippen LogP contribution in [-0.2, 0) is 4.74 Å². The molecule has 3 rings (SSSR count). The van der Waals surface area contributed by atoms with Crippen molar-refractivity contribution in [3.63, 3.8) is 0 Å². The molecule has 0 unspecified atom stereocenters. The van der Waals surface area contributed by atoms with E-state index in [-0.39, 0.29) is 18.1 Å². The maximum absolute atomic E-state index is 12.5. The standard InChI is InChI=1S/C20H24ClN3O2/c1-15(22-20(25)23-18-9-5-8-17(21)14-18)19(16-6-3-2-4-7-16)24-10-12-26-13-11-24/h2-9,14-15,19H,10-13H2,1H3,(H2,22,23,25)/p+1/t15-,19+/m0/s1. The van der Waals surface area contributed by atoms with Gasteiger partial charge >= 0.3 is 6.03 Å². The molecule has 2 aromatic carbocycles. The molecule has 0 bridgehead atoms. The molecule has 0 radical (unpaired) electrons. The Morgan fingerprint density at radius 1 is 1.12 bits per heavy atom. The molecular formula is C20H25ClN3O2+. The van der Waals surface area contributed by atoms with Gasteiger partial charge in [-0.1, -0.05) is 48.0 Å². The number of hydrogen-bond donors (Lipinski definition) is 3. The van der Waals surface area contributed by atoms with Crippen LogP contribution in [0.5, 0.6) is 0 Å². The quantitative estimate of drug-likeness (QED) is 0.753. The van der Waals surface area contributed by atoms with Crippen molar-refractivity contribution in [3.8, 4) is 0 Å². The number of morpholine rings is 1. The molecule has 0 aromatic heterocycles. The van der Waals surface area contributed by atoms with Crippen LogP contribution in [0.3, 0.4) is 0 Å². The first-order valence-corrected chi connectivity index (χ1v) is 9.31. The van der Waals surface area contributed by atoms with Crippen LogP contribution >= 0.6 is 11.6 Å². The zero-order chi connectivity index (χ0) is 18.4. The van der Waals surface area contributed by atoms with E-state index in [1.54, 1.807) is 12.1 Å². The van der Waals surface area contributed by atoms with Gasteiger partial charge in [0.1, 0.15) is 19.1 Å². The van der Waals surface area contributed by atoms with E-state index in [1.807, 2.05) is 30.3 Å². The van der Waals surface area contributed by atoms with E-state index in [0.29, 0.717) is 10.7 Å². The molecule has 0 spiro atoms. The average Bonchev–Trinajstić information content (AvgIpc) is 2.63. The van der Waals surface area contributed by atoms with Crippen LogP contribution < -0.4 is 15.5 Å². The summed E-state index contributed by atoms with van der Waals surface area (Å²) < 4.78 is 5.50. The lowest BCUT2D eigenvalue weighted by molar-refractivity contribution is -0.940. The lowest BCUT2D eigenvalue weighted by atomic mass is 9.98. The third kappa shape index (κ3) is 4.97. The minimum absolute atomic E-state index is 0.0373. The third-order valence-electron chi connectivity index (χ3n) is 4.67. The first kappa shape index (κ1) is 18.7.